The highest BCUT2D eigenvalue weighted by Crippen LogP contribution is 2.21. The molecule has 0 saturated carbocycles. The van der Waals surface area contributed by atoms with Gasteiger partial charge in [0.15, 0.2) is 5.13 Å². The number of esters is 1. The highest BCUT2D eigenvalue weighted by atomic mass is 32.1. The maximum absolute atomic E-state index is 12.2. The van der Waals surface area contributed by atoms with E-state index in [1.165, 1.54) is 48.3 Å². The highest BCUT2D eigenvalue weighted by Gasteiger charge is 2.20. The molecular formula is C18H20N4O6S. The van der Waals surface area contributed by atoms with Crippen molar-refractivity contribution in [2.45, 2.75) is 33.4 Å². The molecule has 10 nitrogen and oxygen atoms in total. The fraction of sp³-hybridized carbons (Fsp3) is 0.333. The molecule has 0 saturated heterocycles. The van der Waals surface area contributed by atoms with E-state index in [0.29, 0.717) is 17.4 Å². The van der Waals surface area contributed by atoms with Crippen LogP contribution in [0.5, 0.6) is 0 Å². The van der Waals surface area contributed by atoms with Gasteiger partial charge in [0, 0.05) is 36.5 Å². The first-order chi connectivity index (χ1) is 13.7. The number of nitro benzene ring substituents is 1. The third-order valence-electron chi connectivity index (χ3n) is 3.85. The number of nitrogens with zero attached hydrogens (tertiary/aromatic N) is 3. The second-order valence-electron chi connectivity index (χ2n) is 5.99. The summed E-state index contributed by atoms with van der Waals surface area (Å²) in [7, 11) is 0. The summed E-state index contributed by atoms with van der Waals surface area (Å²) in [5.74, 6) is -1.45. The molecule has 2 rings (SSSR count). The Bertz CT molecular complexity index is 929. The van der Waals surface area contributed by atoms with Gasteiger partial charge in [-0.05, 0) is 19.9 Å². The lowest BCUT2D eigenvalue weighted by atomic mass is 10.2. The number of non-ortho nitro benzene ring substituents is 1. The molecule has 1 unspecified atom stereocenters. The van der Waals surface area contributed by atoms with Gasteiger partial charge >= 0.3 is 5.97 Å². The third kappa shape index (κ3) is 5.82. The number of nitro groups is 1. The van der Waals surface area contributed by atoms with Crippen LogP contribution in [0.1, 0.15) is 36.8 Å². The van der Waals surface area contributed by atoms with Gasteiger partial charge in [-0.3, -0.25) is 24.6 Å². The van der Waals surface area contributed by atoms with Crippen LogP contribution in [-0.2, 0) is 20.9 Å². The number of ether oxygens (including phenoxy) is 1. The van der Waals surface area contributed by atoms with Crippen molar-refractivity contribution in [2.24, 2.45) is 0 Å². The third-order valence-corrected chi connectivity index (χ3v) is 4.76. The molecular weight excluding hydrogens is 400 g/mol. The molecule has 0 bridgehead atoms. The molecule has 1 atom stereocenters. The number of thiazole rings is 1. The summed E-state index contributed by atoms with van der Waals surface area (Å²) in [6.45, 7) is 5.08. The molecule has 11 heteroatoms. The first kappa shape index (κ1) is 22.0. The summed E-state index contributed by atoms with van der Waals surface area (Å²) >= 11 is 1.26. The van der Waals surface area contributed by atoms with Gasteiger partial charge in [-0.2, -0.15) is 0 Å². The minimum absolute atomic E-state index is 0.0619. The summed E-state index contributed by atoms with van der Waals surface area (Å²) in [5, 5.41) is 15.4. The van der Waals surface area contributed by atoms with E-state index in [2.05, 4.69) is 10.3 Å². The Morgan fingerprint density at radius 2 is 2.10 bits per heavy atom. The number of carbonyl (C=O) groups is 3. The van der Waals surface area contributed by atoms with Crippen LogP contribution in [0.2, 0.25) is 0 Å². The van der Waals surface area contributed by atoms with E-state index >= 15 is 0 Å². The summed E-state index contributed by atoms with van der Waals surface area (Å²) < 4.78 is 5.15. The Morgan fingerprint density at radius 3 is 2.72 bits per heavy atom. The van der Waals surface area contributed by atoms with Crippen LogP contribution in [0.15, 0.2) is 29.6 Å². The van der Waals surface area contributed by atoms with Gasteiger partial charge in [0.2, 0.25) is 5.91 Å². The average Bonchev–Trinajstić information content (AvgIpc) is 3.14. The predicted molar refractivity (Wildman–Crippen MR) is 106 cm³/mol. The largest absolute Gasteiger partial charge is 0.458 e. The van der Waals surface area contributed by atoms with E-state index < -0.39 is 22.8 Å². The first-order valence-corrected chi connectivity index (χ1v) is 9.55. The molecule has 0 aliphatic rings. The van der Waals surface area contributed by atoms with Crippen molar-refractivity contribution in [3.05, 3.63) is 51.0 Å². The van der Waals surface area contributed by atoms with Crippen molar-refractivity contribution >= 4 is 39.9 Å². The molecule has 1 aromatic heterocycles. The topological polar surface area (TPSA) is 132 Å². The summed E-state index contributed by atoms with van der Waals surface area (Å²) in [5.41, 5.74) is 0.320. The quantitative estimate of drug-likeness (QED) is 0.394. The standard InChI is InChI=1S/C18H20N4O6S/c1-4-21(12(3)23)18-20-14(10-29-18)9-28-17(25)11(2)19-16(24)13-6-5-7-15(8-13)22(26)27/h5-8,10-11H,4,9H2,1-3H3,(H,19,24). The highest BCUT2D eigenvalue weighted by molar-refractivity contribution is 7.14. The second kappa shape index (κ2) is 9.73. The molecule has 0 fully saturated rings. The average molecular weight is 420 g/mol. The van der Waals surface area contributed by atoms with Crippen molar-refractivity contribution in [3.63, 3.8) is 0 Å². The van der Waals surface area contributed by atoms with Crippen LogP contribution < -0.4 is 10.2 Å². The van der Waals surface area contributed by atoms with Gasteiger partial charge in [-0.1, -0.05) is 6.07 Å². The normalized spacial score (nSPS) is 11.4. The van der Waals surface area contributed by atoms with Crippen molar-refractivity contribution in [1.29, 1.82) is 0 Å². The van der Waals surface area contributed by atoms with Crippen molar-refractivity contribution < 1.29 is 24.0 Å². The molecule has 0 spiro atoms. The molecule has 1 N–H and O–H groups in total. The number of anilines is 1. The molecule has 29 heavy (non-hydrogen) atoms. The number of aromatic nitrogens is 1. The molecule has 1 aromatic carbocycles. The van der Waals surface area contributed by atoms with Crippen LogP contribution in [0.25, 0.3) is 0 Å². The predicted octanol–water partition coefficient (Wildman–Crippen LogP) is 2.29. The van der Waals surface area contributed by atoms with Crippen LogP contribution in [-0.4, -0.2) is 40.3 Å². The van der Waals surface area contributed by atoms with E-state index in [4.69, 9.17) is 4.74 Å². The van der Waals surface area contributed by atoms with Gasteiger partial charge in [-0.15, -0.1) is 11.3 Å². The van der Waals surface area contributed by atoms with Gasteiger partial charge in [0.05, 0.1) is 10.6 Å². The molecule has 0 radical (unpaired) electrons. The number of nitrogens with one attached hydrogen (secondary N) is 1. The SMILES string of the molecule is CCN(C(C)=O)c1nc(COC(=O)C(C)NC(=O)c2cccc([N+](=O)[O-])c2)cs1. The Balaban J connectivity index is 1.92. The monoisotopic (exact) mass is 420 g/mol. The summed E-state index contributed by atoms with van der Waals surface area (Å²) in [4.78, 5) is 51.8. The zero-order chi connectivity index (χ0) is 21.6. The molecule has 154 valence electrons. The first-order valence-electron chi connectivity index (χ1n) is 8.67. The molecule has 0 aliphatic heterocycles. The fourth-order valence-electron chi connectivity index (χ4n) is 2.35. The zero-order valence-corrected chi connectivity index (χ0v) is 16.9. The lowest BCUT2D eigenvalue weighted by Gasteiger charge is -2.14. The summed E-state index contributed by atoms with van der Waals surface area (Å²) in [6.07, 6.45) is 0. The van der Waals surface area contributed by atoms with Crippen molar-refractivity contribution in [1.82, 2.24) is 10.3 Å². The minimum atomic E-state index is -0.968. The van der Waals surface area contributed by atoms with E-state index in [1.807, 2.05) is 6.92 Å². The lowest BCUT2D eigenvalue weighted by Crippen LogP contribution is -2.39. The maximum atomic E-state index is 12.2. The number of benzene rings is 1. The van der Waals surface area contributed by atoms with Crippen LogP contribution in [0.4, 0.5) is 10.8 Å². The maximum Gasteiger partial charge on any atom is 0.328 e. The Morgan fingerprint density at radius 1 is 1.38 bits per heavy atom. The molecule has 2 amide bonds. The lowest BCUT2D eigenvalue weighted by molar-refractivity contribution is -0.384. The van der Waals surface area contributed by atoms with Crippen LogP contribution >= 0.6 is 11.3 Å². The number of amides is 2. The fourth-order valence-corrected chi connectivity index (χ4v) is 3.27. The van der Waals surface area contributed by atoms with E-state index in [1.54, 1.807) is 5.38 Å². The van der Waals surface area contributed by atoms with E-state index in [-0.39, 0.29) is 23.8 Å². The number of hydrogen-bond donors (Lipinski definition) is 1. The number of hydrogen-bond acceptors (Lipinski definition) is 8. The smallest absolute Gasteiger partial charge is 0.328 e. The molecule has 1 heterocycles. The van der Waals surface area contributed by atoms with Gasteiger partial charge in [0.25, 0.3) is 11.6 Å². The second-order valence-corrected chi connectivity index (χ2v) is 6.83. The van der Waals surface area contributed by atoms with Crippen LogP contribution in [0, 0.1) is 10.1 Å². The molecule has 0 aliphatic carbocycles. The van der Waals surface area contributed by atoms with Crippen LogP contribution in [0.3, 0.4) is 0 Å². The zero-order valence-electron chi connectivity index (χ0n) is 16.1. The van der Waals surface area contributed by atoms with Gasteiger partial charge in [0.1, 0.15) is 12.6 Å². The number of carbonyl (C=O) groups excluding carboxylic acids is 3. The number of rotatable bonds is 8. The minimum Gasteiger partial charge on any atom is -0.458 e. The van der Waals surface area contributed by atoms with Gasteiger partial charge < -0.3 is 10.1 Å². The van der Waals surface area contributed by atoms with E-state index in [0.717, 1.165) is 6.07 Å². The van der Waals surface area contributed by atoms with E-state index in [9.17, 15) is 24.5 Å². The Kier molecular flexibility index (Phi) is 7.37. The molecule has 2 aromatic rings. The van der Waals surface area contributed by atoms with Crippen molar-refractivity contribution in [2.75, 3.05) is 11.4 Å². The Hall–Kier alpha value is -3.34. The summed E-state index contributed by atoms with van der Waals surface area (Å²) in [6, 6.07) is 4.22. The van der Waals surface area contributed by atoms with Gasteiger partial charge in [-0.25, -0.2) is 9.78 Å². The van der Waals surface area contributed by atoms with Crippen molar-refractivity contribution in [3.8, 4) is 0 Å². The Labute approximate surface area is 170 Å².